The Labute approximate surface area is 98.8 Å². The van der Waals surface area contributed by atoms with Gasteiger partial charge in [0.25, 0.3) is 0 Å². The molecule has 0 saturated carbocycles. The Bertz CT molecular complexity index is 410. The van der Waals surface area contributed by atoms with Gasteiger partial charge in [0.05, 0.1) is 11.7 Å². The molecule has 3 rings (SSSR count). The average molecular weight is 237 g/mol. The summed E-state index contributed by atoms with van der Waals surface area (Å²) >= 11 is 2.00. The van der Waals surface area contributed by atoms with Crippen LogP contribution in [0.4, 0.5) is 0 Å². The SMILES string of the molecule is O=Cc1c2c(nn1C1CCSCC1)CNC2. The summed E-state index contributed by atoms with van der Waals surface area (Å²) in [5, 5.41) is 7.83. The van der Waals surface area contributed by atoms with Crippen LogP contribution in [0.15, 0.2) is 0 Å². The standard InChI is InChI=1S/C11H15N3OS/c15-7-11-9-5-12-6-10(9)13-14(11)8-1-3-16-4-2-8/h7-8,12H,1-6H2. The Hall–Kier alpha value is -0.810. The van der Waals surface area contributed by atoms with E-state index in [0.717, 1.165) is 49.2 Å². The molecule has 1 saturated heterocycles. The van der Waals surface area contributed by atoms with Gasteiger partial charge in [0.2, 0.25) is 0 Å². The third-order valence-corrected chi connectivity index (χ3v) is 4.42. The van der Waals surface area contributed by atoms with Gasteiger partial charge in [-0.15, -0.1) is 0 Å². The van der Waals surface area contributed by atoms with Crippen LogP contribution in [0.2, 0.25) is 0 Å². The molecule has 0 atom stereocenters. The zero-order valence-corrected chi connectivity index (χ0v) is 9.92. The second-order valence-electron chi connectivity index (χ2n) is 4.32. The fourth-order valence-corrected chi connectivity index (χ4v) is 3.59. The Kier molecular flexibility index (Phi) is 2.73. The number of rotatable bonds is 2. The normalized spacial score (nSPS) is 21.0. The molecular weight excluding hydrogens is 222 g/mol. The van der Waals surface area contributed by atoms with Crippen LogP contribution in [-0.4, -0.2) is 27.6 Å². The number of thioether (sulfide) groups is 1. The zero-order valence-electron chi connectivity index (χ0n) is 9.11. The van der Waals surface area contributed by atoms with E-state index < -0.39 is 0 Å². The maximum Gasteiger partial charge on any atom is 0.168 e. The van der Waals surface area contributed by atoms with Gasteiger partial charge in [-0.2, -0.15) is 16.9 Å². The summed E-state index contributed by atoms with van der Waals surface area (Å²) in [4.78, 5) is 11.2. The molecule has 2 aliphatic heterocycles. The molecule has 0 aliphatic carbocycles. The van der Waals surface area contributed by atoms with Crippen molar-refractivity contribution >= 4 is 18.0 Å². The molecule has 0 unspecified atom stereocenters. The molecule has 0 bridgehead atoms. The van der Waals surface area contributed by atoms with Crippen LogP contribution < -0.4 is 5.32 Å². The first-order chi connectivity index (χ1) is 7.90. The number of nitrogens with one attached hydrogen (secondary N) is 1. The Morgan fingerprint density at radius 2 is 2.19 bits per heavy atom. The van der Waals surface area contributed by atoms with Crippen molar-refractivity contribution in [3.8, 4) is 0 Å². The van der Waals surface area contributed by atoms with E-state index in [2.05, 4.69) is 10.4 Å². The van der Waals surface area contributed by atoms with E-state index in [1.54, 1.807) is 0 Å². The zero-order chi connectivity index (χ0) is 11.0. The number of fused-ring (bicyclic) bond motifs is 1. The quantitative estimate of drug-likeness (QED) is 0.789. The molecule has 0 spiro atoms. The highest BCUT2D eigenvalue weighted by atomic mass is 32.2. The van der Waals surface area contributed by atoms with E-state index in [9.17, 15) is 4.79 Å². The third-order valence-electron chi connectivity index (χ3n) is 3.38. The summed E-state index contributed by atoms with van der Waals surface area (Å²) in [6.07, 6.45) is 3.25. The maximum atomic E-state index is 11.2. The highest BCUT2D eigenvalue weighted by Crippen LogP contribution is 2.30. The highest BCUT2D eigenvalue weighted by Gasteiger charge is 2.26. The van der Waals surface area contributed by atoms with Gasteiger partial charge in [0.15, 0.2) is 6.29 Å². The first kappa shape index (κ1) is 10.4. The molecule has 0 aromatic carbocycles. The number of carbonyl (C=O) groups excluding carboxylic acids is 1. The number of hydrogen-bond donors (Lipinski definition) is 1. The molecule has 0 radical (unpaired) electrons. The monoisotopic (exact) mass is 237 g/mol. The smallest absolute Gasteiger partial charge is 0.168 e. The molecule has 2 aliphatic rings. The molecule has 1 aromatic rings. The number of hydrogen-bond acceptors (Lipinski definition) is 4. The third kappa shape index (κ3) is 1.58. The molecular formula is C11H15N3OS. The van der Waals surface area contributed by atoms with Crippen molar-refractivity contribution in [2.45, 2.75) is 32.0 Å². The van der Waals surface area contributed by atoms with Crippen molar-refractivity contribution in [2.24, 2.45) is 0 Å². The Morgan fingerprint density at radius 1 is 1.38 bits per heavy atom. The van der Waals surface area contributed by atoms with Crippen molar-refractivity contribution < 1.29 is 4.79 Å². The highest BCUT2D eigenvalue weighted by molar-refractivity contribution is 7.99. The minimum Gasteiger partial charge on any atom is -0.307 e. The van der Waals surface area contributed by atoms with Crippen LogP contribution in [0.3, 0.4) is 0 Å². The minimum absolute atomic E-state index is 0.437. The summed E-state index contributed by atoms with van der Waals surface area (Å²) in [6.45, 7) is 1.61. The maximum absolute atomic E-state index is 11.2. The molecule has 16 heavy (non-hydrogen) atoms. The van der Waals surface area contributed by atoms with Crippen LogP contribution >= 0.6 is 11.8 Å². The van der Waals surface area contributed by atoms with Gasteiger partial charge in [0.1, 0.15) is 5.69 Å². The van der Waals surface area contributed by atoms with Gasteiger partial charge < -0.3 is 5.32 Å². The van der Waals surface area contributed by atoms with Crippen LogP contribution in [0.5, 0.6) is 0 Å². The van der Waals surface area contributed by atoms with E-state index in [4.69, 9.17) is 0 Å². The topological polar surface area (TPSA) is 46.9 Å². The fraction of sp³-hybridized carbons (Fsp3) is 0.636. The molecule has 1 aromatic heterocycles. The van der Waals surface area contributed by atoms with Crippen molar-refractivity contribution in [1.29, 1.82) is 0 Å². The lowest BCUT2D eigenvalue weighted by Crippen LogP contribution is -2.20. The predicted molar refractivity (Wildman–Crippen MR) is 63.8 cm³/mol. The summed E-state index contributed by atoms with van der Waals surface area (Å²) in [6, 6.07) is 0.437. The van der Waals surface area contributed by atoms with Crippen molar-refractivity contribution in [2.75, 3.05) is 11.5 Å². The molecule has 1 N–H and O–H groups in total. The van der Waals surface area contributed by atoms with Crippen molar-refractivity contribution in [3.05, 3.63) is 17.0 Å². The summed E-state index contributed by atoms with van der Waals surface area (Å²) in [5.74, 6) is 2.37. The number of aldehydes is 1. The summed E-state index contributed by atoms with van der Waals surface area (Å²) in [7, 11) is 0. The molecule has 5 heteroatoms. The van der Waals surface area contributed by atoms with Crippen LogP contribution in [-0.2, 0) is 13.1 Å². The number of nitrogens with zero attached hydrogens (tertiary/aromatic N) is 2. The molecule has 1 fully saturated rings. The molecule has 0 amide bonds. The van der Waals surface area contributed by atoms with E-state index >= 15 is 0 Å². The van der Waals surface area contributed by atoms with Gasteiger partial charge in [-0.05, 0) is 24.3 Å². The van der Waals surface area contributed by atoms with Gasteiger partial charge in [-0.3, -0.25) is 9.48 Å². The largest absolute Gasteiger partial charge is 0.307 e. The second-order valence-corrected chi connectivity index (χ2v) is 5.54. The van der Waals surface area contributed by atoms with E-state index in [1.165, 1.54) is 11.5 Å². The van der Waals surface area contributed by atoms with Crippen molar-refractivity contribution in [1.82, 2.24) is 15.1 Å². The number of carbonyl (C=O) groups is 1. The van der Waals surface area contributed by atoms with E-state index in [1.807, 2.05) is 16.4 Å². The fourth-order valence-electron chi connectivity index (χ4n) is 2.50. The lowest BCUT2D eigenvalue weighted by molar-refractivity contribution is 0.111. The number of aromatic nitrogens is 2. The molecule has 4 nitrogen and oxygen atoms in total. The van der Waals surface area contributed by atoms with Crippen LogP contribution in [0, 0.1) is 0 Å². The van der Waals surface area contributed by atoms with Gasteiger partial charge in [-0.25, -0.2) is 0 Å². The van der Waals surface area contributed by atoms with E-state index in [-0.39, 0.29) is 0 Å². The minimum atomic E-state index is 0.437. The Morgan fingerprint density at radius 3 is 2.94 bits per heavy atom. The average Bonchev–Trinajstić information content (AvgIpc) is 2.89. The first-order valence-electron chi connectivity index (χ1n) is 5.74. The van der Waals surface area contributed by atoms with Gasteiger partial charge >= 0.3 is 0 Å². The second kappa shape index (κ2) is 4.22. The van der Waals surface area contributed by atoms with Crippen LogP contribution in [0.1, 0.15) is 40.6 Å². The lowest BCUT2D eigenvalue weighted by atomic mass is 10.1. The Balaban J connectivity index is 1.96. The predicted octanol–water partition coefficient (Wildman–Crippen LogP) is 1.37. The molecule has 3 heterocycles. The molecule has 86 valence electrons. The van der Waals surface area contributed by atoms with Crippen molar-refractivity contribution in [3.63, 3.8) is 0 Å². The summed E-state index contributed by atoms with van der Waals surface area (Å²) < 4.78 is 1.98. The van der Waals surface area contributed by atoms with Gasteiger partial charge in [0, 0.05) is 18.7 Å². The lowest BCUT2D eigenvalue weighted by Gasteiger charge is -2.23. The first-order valence-corrected chi connectivity index (χ1v) is 6.89. The summed E-state index contributed by atoms with van der Waals surface area (Å²) in [5.41, 5.74) is 2.99. The van der Waals surface area contributed by atoms with E-state index in [0.29, 0.717) is 6.04 Å². The van der Waals surface area contributed by atoms with Crippen LogP contribution in [0.25, 0.3) is 0 Å². The van der Waals surface area contributed by atoms with Gasteiger partial charge in [-0.1, -0.05) is 0 Å².